The van der Waals surface area contributed by atoms with Crippen LogP contribution in [-0.2, 0) is 9.53 Å². The highest BCUT2D eigenvalue weighted by molar-refractivity contribution is 7.99. The summed E-state index contributed by atoms with van der Waals surface area (Å²) < 4.78 is 5.32. The minimum atomic E-state index is 0.180. The van der Waals surface area contributed by atoms with Crippen molar-refractivity contribution in [3.05, 3.63) is 0 Å². The summed E-state index contributed by atoms with van der Waals surface area (Å²) in [6.07, 6.45) is 5.26. The first-order valence-electron chi connectivity index (χ1n) is 6.27. The Bertz CT molecular complexity index is 193. The predicted octanol–water partition coefficient (Wildman–Crippen LogP) is 2.21. The standard InChI is InChI=1S/C12H23NO2S/c1-2-3-8-16-9-6-12(14)13-11-5-4-7-15-10-11/h11H,2-10H2,1H3,(H,13,14)/t11-/m1/s1. The molecule has 1 N–H and O–H groups in total. The van der Waals surface area contributed by atoms with Gasteiger partial charge in [0.25, 0.3) is 0 Å². The molecule has 0 unspecified atom stereocenters. The molecule has 0 aromatic rings. The number of hydrogen-bond donors (Lipinski definition) is 1. The first-order chi connectivity index (χ1) is 7.83. The van der Waals surface area contributed by atoms with E-state index in [0.717, 1.165) is 25.2 Å². The molecule has 1 aliphatic heterocycles. The molecule has 1 amide bonds. The van der Waals surface area contributed by atoms with Gasteiger partial charge in [0.05, 0.1) is 12.6 Å². The molecular weight excluding hydrogens is 222 g/mol. The molecule has 16 heavy (non-hydrogen) atoms. The lowest BCUT2D eigenvalue weighted by Crippen LogP contribution is -2.40. The molecule has 1 saturated heterocycles. The van der Waals surface area contributed by atoms with Gasteiger partial charge in [-0.15, -0.1) is 0 Å². The van der Waals surface area contributed by atoms with Crippen molar-refractivity contribution in [1.82, 2.24) is 5.32 Å². The Morgan fingerprint density at radius 1 is 1.50 bits per heavy atom. The van der Waals surface area contributed by atoms with E-state index in [1.54, 1.807) is 0 Å². The van der Waals surface area contributed by atoms with Crippen molar-refractivity contribution >= 4 is 17.7 Å². The zero-order valence-electron chi connectivity index (χ0n) is 10.2. The van der Waals surface area contributed by atoms with Gasteiger partial charge < -0.3 is 10.1 Å². The summed E-state index contributed by atoms with van der Waals surface area (Å²) in [6.45, 7) is 3.73. The van der Waals surface area contributed by atoms with Crippen molar-refractivity contribution < 1.29 is 9.53 Å². The van der Waals surface area contributed by atoms with Crippen molar-refractivity contribution in [2.45, 2.75) is 45.1 Å². The van der Waals surface area contributed by atoms with E-state index in [-0.39, 0.29) is 11.9 Å². The zero-order chi connectivity index (χ0) is 11.6. The van der Waals surface area contributed by atoms with Crippen LogP contribution in [0.15, 0.2) is 0 Å². The summed E-state index contributed by atoms with van der Waals surface area (Å²) in [5, 5.41) is 3.03. The fraction of sp³-hybridized carbons (Fsp3) is 0.917. The highest BCUT2D eigenvalue weighted by Gasteiger charge is 2.15. The number of thioether (sulfide) groups is 1. The maximum atomic E-state index is 11.6. The van der Waals surface area contributed by atoms with Crippen molar-refractivity contribution in [3.8, 4) is 0 Å². The van der Waals surface area contributed by atoms with E-state index in [4.69, 9.17) is 4.74 Å². The average molecular weight is 245 g/mol. The molecule has 0 aromatic heterocycles. The Kier molecular flexibility index (Phi) is 7.68. The Hall–Kier alpha value is -0.220. The number of carbonyl (C=O) groups is 1. The van der Waals surface area contributed by atoms with Crippen LogP contribution in [0, 0.1) is 0 Å². The van der Waals surface area contributed by atoms with E-state index < -0.39 is 0 Å². The molecule has 0 radical (unpaired) electrons. The molecule has 4 heteroatoms. The largest absolute Gasteiger partial charge is 0.379 e. The first kappa shape index (κ1) is 13.8. The molecule has 0 aliphatic carbocycles. The number of hydrogen-bond acceptors (Lipinski definition) is 3. The fourth-order valence-corrected chi connectivity index (χ4v) is 2.69. The molecule has 0 saturated carbocycles. The number of amides is 1. The van der Waals surface area contributed by atoms with E-state index >= 15 is 0 Å². The van der Waals surface area contributed by atoms with E-state index in [0.29, 0.717) is 13.0 Å². The van der Waals surface area contributed by atoms with Crippen LogP contribution >= 0.6 is 11.8 Å². The molecule has 1 atom stereocenters. The normalized spacial score (nSPS) is 20.7. The van der Waals surface area contributed by atoms with Gasteiger partial charge in [-0.3, -0.25) is 4.79 Å². The van der Waals surface area contributed by atoms with Gasteiger partial charge >= 0.3 is 0 Å². The molecule has 0 bridgehead atoms. The van der Waals surface area contributed by atoms with E-state index in [1.165, 1.54) is 18.6 Å². The number of carbonyl (C=O) groups excluding carboxylic acids is 1. The summed E-state index contributed by atoms with van der Waals surface area (Å²) in [5.74, 6) is 2.30. The van der Waals surface area contributed by atoms with Gasteiger partial charge in [0.1, 0.15) is 0 Å². The SMILES string of the molecule is CCCCSCCC(=O)N[C@@H]1CCCOC1. The summed E-state index contributed by atoms with van der Waals surface area (Å²) in [5.41, 5.74) is 0. The topological polar surface area (TPSA) is 38.3 Å². The van der Waals surface area contributed by atoms with Gasteiger partial charge in [-0.25, -0.2) is 0 Å². The lowest BCUT2D eigenvalue weighted by molar-refractivity contribution is -0.122. The quantitative estimate of drug-likeness (QED) is 0.699. The van der Waals surface area contributed by atoms with Gasteiger partial charge in [0, 0.05) is 18.8 Å². The molecular formula is C12H23NO2S. The first-order valence-corrected chi connectivity index (χ1v) is 7.43. The van der Waals surface area contributed by atoms with Gasteiger partial charge in [0.15, 0.2) is 0 Å². The van der Waals surface area contributed by atoms with Crippen LogP contribution in [0.4, 0.5) is 0 Å². The van der Waals surface area contributed by atoms with Crippen molar-refractivity contribution in [2.24, 2.45) is 0 Å². The predicted molar refractivity (Wildman–Crippen MR) is 68.8 cm³/mol. The third kappa shape index (κ3) is 6.38. The molecule has 94 valence electrons. The van der Waals surface area contributed by atoms with Gasteiger partial charge in [-0.1, -0.05) is 13.3 Å². The smallest absolute Gasteiger partial charge is 0.221 e. The summed E-state index contributed by atoms with van der Waals surface area (Å²) in [7, 11) is 0. The van der Waals surface area contributed by atoms with E-state index in [9.17, 15) is 4.79 Å². The van der Waals surface area contributed by atoms with Crippen LogP contribution in [0.1, 0.15) is 39.0 Å². The number of ether oxygens (including phenoxy) is 1. The van der Waals surface area contributed by atoms with Crippen molar-refractivity contribution in [1.29, 1.82) is 0 Å². The van der Waals surface area contributed by atoms with Crippen LogP contribution in [0.5, 0.6) is 0 Å². The second-order valence-corrected chi connectivity index (χ2v) is 5.42. The number of nitrogens with one attached hydrogen (secondary N) is 1. The van der Waals surface area contributed by atoms with Crippen molar-refractivity contribution in [2.75, 3.05) is 24.7 Å². The number of rotatable bonds is 7. The van der Waals surface area contributed by atoms with E-state index in [1.807, 2.05) is 11.8 Å². The molecule has 0 spiro atoms. The monoisotopic (exact) mass is 245 g/mol. The Morgan fingerprint density at radius 2 is 2.38 bits per heavy atom. The Morgan fingerprint density at radius 3 is 3.06 bits per heavy atom. The molecule has 3 nitrogen and oxygen atoms in total. The maximum Gasteiger partial charge on any atom is 0.221 e. The van der Waals surface area contributed by atoms with Crippen LogP contribution < -0.4 is 5.32 Å². The molecule has 0 aromatic carbocycles. The minimum Gasteiger partial charge on any atom is -0.379 e. The van der Waals surface area contributed by atoms with Crippen LogP contribution in [-0.4, -0.2) is 36.7 Å². The lowest BCUT2D eigenvalue weighted by Gasteiger charge is -2.23. The van der Waals surface area contributed by atoms with Crippen LogP contribution in [0.3, 0.4) is 0 Å². The van der Waals surface area contributed by atoms with Gasteiger partial charge in [0.2, 0.25) is 5.91 Å². The Labute approximate surface area is 103 Å². The number of unbranched alkanes of at least 4 members (excludes halogenated alkanes) is 1. The van der Waals surface area contributed by atoms with Gasteiger partial charge in [-0.05, 0) is 25.0 Å². The highest BCUT2D eigenvalue weighted by Crippen LogP contribution is 2.08. The third-order valence-corrected chi connectivity index (χ3v) is 3.71. The minimum absolute atomic E-state index is 0.180. The molecule has 1 fully saturated rings. The second kappa shape index (κ2) is 8.88. The average Bonchev–Trinajstić information content (AvgIpc) is 2.30. The van der Waals surface area contributed by atoms with Crippen LogP contribution in [0.2, 0.25) is 0 Å². The summed E-state index contributed by atoms with van der Waals surface area (Å²) >= 11 is 1.88. The fourth-order valence-electron chi connectivity index (χ4n) is 1.67. The summed E-state index contributed by atoms with van der Waals surface area (Å²) in [4.78, 5) is 11.6. The molecule has 1 aliphatic rings. The summed E-state index contributed by atoms with van der Waals surface area (Å²) in [6, 6.07) is 0.252. The maximum absolute atomic E-state index is 11.6. The lowest BCUT2D eigenvalue weighted by atomic mass is 10.1. The van der Waals surface area contributed by atoms with Gasteiger partial charge in [-0.2, -0.15) is 11.8 Å². The third-order valence-electron chi connectivity index (χ3n) is 2.64. The molecule has 1 heterocycles. The van der Waals surface area contributed by atoms with E-state index in [2.05, 4.69) is 12.2 Å². The highest BCUT2D eigenvalue weighted by atomic mass is 32.2. The zero-order valence-corrected chi connectivity index (χ0v) is 11.0. The molecule has 1 rings (SSSR count). The van der Waals surface area contributed by atoms with Crippen LogP contribution in [0.25, 0.3) is 0 Å². The Balaban J connectivity index is 1.97. The second-order valence-electron chi connectivity index (χ2n) is 4.20. The van der Waals surface area contributed by atoms with Crippen molar-refractivity contribution in [3.63, 3.8) is 0 Å².